The molecule has 14 heteroatoms. The van der Waals surface area contributed by atoms with Gasteiger partial charge in [-0.1, -0.05) is 258 Å². The number of nitrogens with one attached hydrogen (secondary N) is 2. The van der Waals surface area contributed by atoms with Gasteiger partial charge < -0.3 is 29.6 Å². The van der Waals surface area contributed by atoms with Crippen LogP contribution in [0.5, 0.6) is 46.0 Å². The highest BCUT2D eigenvalue weighted by atomic mass is 16.5. The molecule has 0 bridgehead atoms. The third-order valence-electron chi connectivity index (χ3n) is 20.7. The largest absolute Gasteiger partial charge is 0.457 e. The third kappa shape index (κ3) is 12.8. The molecule has 2 atom stereocenters. The number of hydrogen-bond donors (Lipinski definition) is 2. The monoisotopic (exact) mass is 1440 g/mol. The van der Waals surface area contributed by atoms with Crippen LogP contribution in [0.4, 0.5) is 0 Å². The standard InChI is InChI=1S/C96H72N4O10/c1-57(2)89(91(101)97-55-59-23-11-5-12-24-59)99-93(103)73-51-77(107-69-43-35-65(36-44-69)61-27-15-7-16-28-61)83-85-79(109-71-47-39-67(40-48-71)63-31-19-9-20-32-63)53-75-82-76(96(106)100(95(75)105)90(58(3)4)92(102)98-56-60-25-13-6-14-26-60)54-80(110-72-49-41-68(42-50-72)64-33-21-10-22-34-64)86(88(82)85)84-78(52-74(94(99)104)81(73)87(83)84)108-70-45-37-66(38-46-70)62-29-17-8-18-30-62/h5-54,57-58,89-90H,55-56H2,1-4H3,(H,97,101)(H,98,102). The maximum absolute atomic E-state index is 16.5. The molecular weight excluding hydrogens is 1370 g/mol. The molecule has 2 aliphatic heterocycles. The molecule has 2 heterocycles. The molecule has 2 N–H and O–H groups in total. The Kier molecular flexibility index (Phi) is 18.3. The van der Waals surface area contributed by atoms with E-state index in [4.69, 9.17) is 18.9 Å². The van der Waals surface area contributed by atoms with Crippen LogP contribution in [0.25, 0.3) is 87.6 Å². The summed E-state index contributed by atoms with van der Waals surface area (Å²) in [6, 6.07) is 92.3. The Bertz CT molecular complexity index is 5390. The van der Waals surface area contributed by atoms with E-state index >= 15 is 28.8 Å². The lowest BCUT2D eigenvalue weighted by Gasteiger charge is -2.37. The van der Waals surface area contributed by atoms with Gasteiger partial charge in [-0.3, -0.25) is 38.6 Å². The highest BCUT2D eigenvalue weighted by Gasteiger charge is 2.47. The number of imide groups is 2. The fourth-order valence-electron chi connectivity index (χ4n) is 15.5. The van der Waals surface area contributed by atoms with Crippen molar-refractivity contribution >= 4 is 78.5 Å². The zero-order chi connectivity index (χ0) is 75.3. The Balaban J connectivity index is 0.987. The van der Waals surface area contributed by atoms with E-state index in [9.17, 15) is 0 Å². The van der Waals surface area contributed by atoms with E-state index in [0.29, 0.717) is 44.5 Å². The second kappa shape index (κ2) is 29.1. The van der Waals surface area contributed by atoms with Crippen LogP contribution in [0.2, 0.25) is 0 Å². The molecule has 0 saturated carbocycles. The second-order valence-electron chi connectivity index (χ2n) is 28.4. The predicted molar refractivity (Wildman–Crippen MR) is 430 cm³/mol. The normalized spacial score (nSPS) is 13.2. The van der Waals surface area contributed by atoms with Gasteiger partial charge in [-0.25, -0.2) is 0 Å². The van der Waals surface area contributed by atoms with Crippen LogP contribution < -0.4 is 29.6 Å². The molecule has 0 spiro atoms. The van der Waals surface area contributed by atoms with Gasteiger partial charge in [-0.2, -0.15) is 0 Å². The Morgan fingerprint density at radius 3 is 0.700 bits per heavy atom. The third-order valence-corrected chi connectivity index (χ3v) is 20.7. The van der Waals surface area contributed by atoms with Crippen molar-refractivity contribution in [1.82, 2.24) is 20.4 Å². The van der Waals surface area contributed by atoms with Crippen molar-refractivity contribution < 1.29 is 47.7 Å². The van der Waals surface area contributed by atoms with Gasteiger partial charge in [0, 0.05) is 56.2 Å². The van der Waals surface area contributed by atoms with Crippen molar-refractivity contribution in [2.24, 2.45) is 11.8 Å². The van der Waals surface area contributed by atoms with Gasteiger partial charge in [0.1, 0.15) is 58.1 Å². The molecule has 14 nitrogen and oxygen atoms in total. The van der Waals surface area contributed by atoms with Gasteiger partial charge in [0.15, 0.2) is 0 Å². The molecule has 0 aromatic heterocycles. The molecule has 15 aromatic rings. The van der Waals surface area contributed by atoms with Gasteiger partial charge >= 0.3 is 0 Å². The van der Waals surface area contributed by atoms with Gasteiger partial charge in [-0.05, 0) is 140 Å². The molecule has 0 radical (unpaired) electrons. The first-order valence-electron chi connectivity index (χ1n) is 36.8. The molecule has 17 rings (SSSR count). The number of carbonyl (C=O) groups excluding carboxylic acids is 6. The van der Waals surface area contributed by atoms with E-state index in [1.54, 1.807) is 52.0 Å². The Labute approximate surface area is 635 Å². The molecular formula is C96H72N4O10. The van der Waals surface area contributed by atoms with Gasteiger partial charge in [-0.15, -0.1) is 0 Å². The zero-order valence-electron chi connectivity index (χ0n) is 60.6. The summed E-state index contributed by atoms with van der Waals surface area (Å²) in [6.45, 7) is 7.43. The fourth-order valence-corrected chi connectivity index (χ4v) is 15.5. The van der Waals surface area contributed by atoms with E-state index in [2.05, 4.69) is 10.6 Å². The van der Waals surface area contributed by atoms with Crippen molar-refractivity contribution in [3.8, 4) is 90.5 Å². The van der Waals surface area contributed by atoms with E-state index < -0.39 is 59.4 Å². The number of carbonyl (C=O) groups is 6. The van der Waals surface area contributed by atoms with Crippen LogP contribution >= 0.6 is 0 Å². The minimum Gasteiger partial charge on any atom is -0.457 e. The quantitative estimate of drug-likeness (QED) is 0.0378. The molecule has 0 fully saturated rings. The molecule has 2 aliphatic rings. The van der Waals surface area contributed by atoms with E-state index in [-0.39, 0.29) is 79.9 Å². The fraction of sp³-hybridized carbons (Fsp3) is 0.104. The first-order valence-corrected chi connectivity index (χ1v) is 36.8. The van der Waals surface area contributed by atoms with Crippen LogP contribution in [0.15, 0.2) is 303 Å². The Morgan fingerprint density at radius 1 is 0.273 bits per heavy atom. The lowest BCUT2D eigenvalue weighted by molar-refractivity contribution is -0.127. The average molecular weight is 1440 g/mol. The number of benzene rings is 15. The highest BCUT2D eigenvalue weighted by Crippen LogP contribution is 2.58. The molecule has 6 amide bonds. The van der Waals surface area contributed by atoms with Crippen molar-refractivity contribution in [3.05, 3.63) is 337 Å². The summed E-state index contributed by atoms with van der Waals surface area (Å²) in [5.41, 5.74) is 9.15. The maximum atomic E-state index is 16.5. The number of fused-ring (bicyclic) bond motifs is 2. The van der Waals surface area contributed by atoms with Gasteiger partial charge in [0.2, 0.25) is 11.8 Å². The summed E-state index contributed by atoms with van der Waals surface area (Å²) in [5, 5.41) is 8.23. The minimum absolute atomic E-state index is 0.0223. The highest BCUT2D eigenvalue weighted by molar-refractivity contribution is 6.45. The number of rotatable bonds is 22. The van der Waals surface area contributed by atoms with Gasteiger partial charge in [0.25, 0.3) is 23.6 Å². The number of ether oxygens (including phenoxy) is 4. The van der Waals surface area contributed by atoms with Crippen LogP contribution in [0, 0.1) is 11.8 Å². The van der Waals surface area contributed by atoms with Crippen molar-refractivity contribution in [1.29, 1.82) is 0 Å². The average Bonchev–Trinajstić information content (AvgIpc) is 0.670. The maximum Gasteiger partial charge on any atom is 0.262 e. The summed E-state index contributed by atoms with van der Waals surface area (Å²) in [7, 11) is 0. The molecule has 2 unspecified atom stereocenters. The number of nitrogens with zero attached hydrogens (tertiary/aromatic N) is 2. The lowest BCUT2D eigenvalue weighted by atomic mass is 9.80. The Morgan fingerprint density at radius 2 is 0.482 bits per heavy atom. The summed E-state index contributed by atoms with van der Waals surface area (Å²) in [5.74, 6) is -3.66. The molecule has 110 heavy (non-hydrogen) atoms. The van der Waals surface area contributed by atoms with E-state index in [1.807, 2.05) is 279 Å². The molecule has 536 valence electrons. The lowest BCUT2D eigenvalue weighted by Crippen LogP contribution is -2.56. The van der Waals surface area contributed by atoms with Crippen molar-refractivity contribution in [2.75, 3.05) is 0 Å². The summed E-state index contributed by atoms with van der Waals surface area (Å²) in [6.07, 6.45) is 0. The first kappa shape index (κ1) is 69.1. The smallest absolute Gasteiger partial charge is 0.262 e. The second-order valence-corrected chi connectivity index (χ2v) is 28.4. The van der Waals surface area contributed by atoms with Crippen molar-refractivity contribution in [3.63, 3.8) is 0 Å². The summed E-state index contributed by atoms with van der Waals surface area (Å²) in [4.78, 5) is 98.2. The van der Waals surface area contributed by atoms with Crippen LogP contribution in [0.3, 0.4) is 0 Å². The van der Waals surface area contributed by atoms with E-state index in [1.165, 1.54) is 0 Å². The number of amides is 6. The SMILES string of the molecule is CC(C)C(C(=O)NCc1ccccc1)N1C(=O)c2cc(Oc3ccc(-c4ccccc4)cc3)c3c4c(Oc5ccc(-c6ccccc6)cc5)cc5c6c(cc(Oc7ccc(-c8ccccc8)cc7)c(c7c(Oc8ccc(-c9ccccc9)cc8)cc(c2c37)C1=O)c64)C(=O)N(C(C(=O)NCc1ccccc1)C(C)C)C5=O. The van der Waals surface area contributed by atoms with Crippen LogP contribution in [-0.4, -0.2) is 57.3 Å². The van der Waals surface area contributed by atoms with Crippen LogP contribution in [0.1, 0.15) is 80.3 Å². The van der Waals surface area contributed by atoms with Crippen LogP contribution in [-0.2, 0) is 22.7 Å². The zero-order valence-corrected chi connectivity index (χ0v) is 60.6. The number of hydrogen-bond acceptors (Lipinski definition) is 10. The topological polar surface area (TPSA) is 170 Å². The van der Waals surface area contributed by atoms with E-state index in [0.717, 1.165) is 65.4 Å². The molecule has 15 aromatic carbocycles. The minimum atomic E-state index is -1.34. The summed E-state index contributed by atoms with van der Waals surface area (Å²) < 4.78 is 29.6. The van der Waals surface area contributed by atoms with Gasteiger partial charge in [0.05, 0.1) is 22.3 Å². The molecule has 0 saturated heterocycles. The first-order chi connectivity index (χ1) is 53.7. The predicted octanol–water partition coefficient (Wildman–Crippen LogP) is 21.4. The molecule has 0 aliphatic carbocycles. The Hall–Kier alpha value is -14.0. The van der Waals surface area contributed by atoms with Crippen molar-refractivity contribution in [2.45, 2.75) is 52.9 Å². The summed E-state index contributed by atoms with van der Waals surface area (Å²) >= 11 is 0.